The van der Waals surface area contributed by atoms with Crippen molar-refractivity contribution in [3.05, 3.63) is 144 Å². The van der Waals surface area contributed by atoms with Crippen molar-refractivity contribution in [3.63, 3.8) is 0 Å². The van der Waals surface area contributed by atoms with Crippen LogP contribution >= 0.6 is 0 Å². The van der Waals surface area contributed by atoms with Crippen LogP contribution in [0, 0.1) is 25.5 Å². The minimum absolute atomic E-state index is 0.160. The van der Waals surface area contributed by atoms with Crippen LogP contribution in [-0.4, -0.2) is 42.1 Å². The fraction of sp³-hybridized carbons (Fsp3) is 0.0556. The summed E-state index contributed by atoms with van der Waals surface area (Å²) in [6.45, 7) is 3.65. The van der Waals surface area contributed by atoms with Crippen LogP contribution in [0.15, 0.2) is 110 Å². The number of pyridine rings is 2. The Bertz CT molecular complexity index is 1940. The number of benzene rings is 3. The van der Waals surface area contributed by atoms with E-state index in [1.807, 2.05) is 26.0 Å². The molecule has 6 rings (SSSR count). The van der Waals surface area contributed by atoms with E-state index in [4.69, 9.17) is 0 Å². The van der Waals surface area contributed by atoms with E-state index in [1.165, 1.54) is 30.9 Å². The Hall–Kier alpha value is -6.56. The molecule has 3 heterocycles. The average Bonchev–Trinajstić information content (AvgIpc) is 3.08. The molecule has 0 aliphatic carbocycles. The highest BCUT2D eigenvalue weighted by atomic mass is 19.1. The maximum absolute atomic E-state index is 13.7. The zero-order valence-corrected chi connectivity index (χ0v) is 25.6. The number of hydrogen-bond acceptors (Lipinski definition) is 8. The normalized spacial score (nSPS) is 10.4. The van der Waals surface area contributed by atoms with Crippen LogP contribution in [0.1, 0.15) is 31.8 Å². The number of carbonyl (C=O) groups is 2. The van der Waals surface area contributed by atoms with Gasteiger partial charge in [-0.25, -0.2) is 28.3 Å². The van der Waals surface area contributed by atoms with Gasteiger partial charge in [-0.3, -0.25) is 9.97 Å². The fourth-order valence-corrected chi connectivity index (χ4v) is 4.58. The number of aromatic nitrogens is 4. The second-order valence-corrected chi connectivity index (χ2v) is 10.5. The molecule has 48 heavy (non-hydrogen) atoms. The van der Waals surface area contributed by atoms with Crippen molar-refractivity contribution in [3.8, 4) is 22.6 Å². The summed E-state index contributed by atoms with van der Waals surface area (Å²) < 4.78 is 27.5. The Labute approximate surface area is 273 Å². The third-order valence-electron chi connectivity index (χ3n) is 6.95. The van der Waals surface area contributed by atoms with Crippen LogP contribution in [0.4, 0.5) is 31.5 Å². The molecular weight excluding hydrogens is 618 g/mol. The predicted molar refractivity (Wildman–Crippen MR) is 178 cm³/mol. The minimum atomic E-state index is -1.02. The lowest BCUT2D eigenvalue weighted by Crippen LogP contribution is -2.04. The van der Waals surface area contributed by atoms with Crippen LogP contribution in [0.2, 0.25) is 0 Å². The highest BCUT2D eigenvalue weighted by Crippen LogP contribution is 2.26. The number of aromatic carboxylic acids is 2. The highest BCUT2D eigenvalue weighted by molar-refractivity contribution is 5.96. The summed E-state index contributed by atoms with van der Waals surface area (Å²) in [5.41, 5.74) is 5.23. The number of rotatable bonds is 8. The monoisotopic (exact) mass is 646 g/mol. The van der Waals surface area contributed by atoms with Gasteiger partial charge in [0.2, 0.25) is 0 Å². The second kappa shape index (κ2) is 14.7. The summed E-state index contributed by atoms with van der Waals surface area (Å²) >= 11 is 0. The number of nitrogens with one attached hydrogen (secondary N) is 2. The number of carboxylic acids is 2. The molecule has 0 saturated carbocycles. The van der Waals surface area contributed by atoms with Crippen molar-refractivity contribution in [1.29, 1.82) is 0 Å². The summed E-state index contributed by atoms with van der Waals surface area (Å²) in [6.07, 6.45) is 7.13. The molecule has 3 aromatic heterocycles. The Morgan fingerprint density at radius 1 is 0.625 bits per heavy atom. The first-order chi connectivity index (χ1) is 23.1. The molecular formula is C36H28F2N6O4. The van der Waals surface area contributed by atoms with Gasteiger partial charge in [0.05, 0.1) is 69.9 Å². The third kappa shape index (κ3) is 7.98. The zero-order chi connectivity index (χ0) is 34.2. The lowest BCUT2D eigenvalue weighted by Gasteiger charge is -2.11. The Morgan fingerprint density at radius 2 is 1.21 bits per heavy atom. The van der Waals surface area contributed by atoms with Gasteiger partial charge in [0.15, 0.2) is 11.6 Å². The average molecular weight is 647 g/mol. The first-order valence-corrected chi connectivity index (χ1v) is 14.4. The lowest BCUT2D eigenvalue weighted by atomic mass is 10.1. The molecule has 10 nitrogen and oxygen atoms in total. The smallest absolute Gasteiger partial charge is 0.337 e. The zero-order valence-electron chi connectivity index (χ0n) is 25.6. The van der Waals surface area contributed by atoms with Crippen molar-refractivity contribution >= 4 is 34.7 Å². The minimum Gasteiger partial charge on any atom is -0.478 e. The van der Waals surface area contributed by atoms with E-state index in [9.17, 15) is 28.6 Å². The molecule has 0 radical (unpaired) electrons. The molecule has 0 unspecified atom stereocenters. The third-order valence-corrected chi connectivity index (χ3v) is 6.95. The summed E-state index contributed by atoms with van der Waals surface area (Å²) in [6, 6.07) is 21.4. The van der Waals surface area contributed by atoms with Crippen molar-refractivity contribution in [1.82, 2.24) is 19.9 Å². The molecule has 0 spiro atoms. The van der Waals surface area contributed by atoms with Gasteiger partial charge in [-0.1, -0.05) is 35.4 Å². The number of hydrogen-bond donors (Lipinski definition) is 4. The summed E-state index contributed by atoms with van der Waals surface area (Å²) in [5.74, 6) is -2.61. The van der Waals surface area contributed by atoms with Crippen molar-refractivity contribution in [2.75, 3.05) is 10.6 Å². The second-order valence-electron chi connectivity index (χ2n) is 10.5. The summed E-state index contributed by atoms with van der Waals surface area (Å²) in [4.78, 5) is 38.9. The van der Waals surface area contributed by atoms with E-state index in [1.54, 1.807) is 60.7 Å². The number of nitrogens with zero attached hydrogens (tertiary/aromatic N) is 4. The van der Waals surface area contributed by atoms with Crippen molar-refractivity contribution < 1.29 is 28.6 Å². The molecule has 12 heteroatoms. The number of halogens is 2. The van der Waals surface area contributed by atoms with Gasteiger partial charge in [0.25, 0.3) is 0 Å². The quantitative estimate of drug-likeness (QED) is 0.128. The van der Waals surface area contributed by atoms with Crippen LogP contribution < -0.4 is 10.6 Å². The van der Waals surface area contributed by atoms with Gasteiger partial charge in [0.1, 0.15) is 5.82 Å². The standard InChI is InChI=1S/2C18H14FN3O2/c1-11-2-4-17(14(8-11)18(23)24)22-12-3-5-16(21-9-12)13-6-7-20-10-15(13)19;1-11-6-7-16(14(8-11)18(23)24)22-12-9-20-17(21-10-12)13-4-2-3-5-15(13)19/h2*2-10,22H,1H3,(H,23,24). The van der Waals surface area contributed by atoms with Crippen LogP contribution in [-0.2, 0) is 0 Å². The first-order valence-electron chi connectivity index (χ1n) is 14.4. The first kappa shape index (κ1) is 32.8. The fourth-order valence-electron chi connectivity index (χ4n) is 4.58. The van der Waals surface area contributed by atoms with Crippen LogP contribution in [0.5, 0.6) is 0 Å². The van der Waals surface area contributed by atoms with E-state index in [0.717, 1.165) is 17.3 Å². The SMILES string of the molecule is Cc1ccc(Nc2ccc(-c3ccncc3F)nc2)c(C(=O)O)c1.Cc1ccc(Nc2cnc(-c3ccccc3F)nc2)c(C(=O)O)c1. The molecule has 4 N–H and O–H groups in total. The Morgan fingerprint density at radius 3 is 1.75 bits per heavy atom. The van der Waals surface area contributed by atoms with Crippen LogP contribution in [0.3, 0.4) is 0 Å². The van der Waals surface area contributed by atoms with Gasteiger partial charge in [-0.2, -0.15) is 0 Å². The maximum Gasteiger partial charge on any atom is 0.337 e. The Balaban J connectivity index is 0.000000188. The molecule has 0 aliphatic heterocycles. The Kier molecular flexibility index (Phi) is 10.0. The molecule has 0 saturated heterocycles. The topological polar surface area (TPSA) is 150 Å². The van der Waals surface area contributed by atoms with Gasteiger partial charge in [-0.15, -0.1) is 0 Å². The van der Waals surface area contributed by atoms with Gasteiger partial charge >= 0.3 is 11.9 Å². The number of carboxylic acid groups (broad SMARTS) is 2. The maximum atomic E-state index is 13.7. The molecule has 0 bridgehead atoms. The molecule has 240 valence electrons. The van der Waals surface area contributed by atoms with E-state index < -0.39 is 23.6 Å². The van der Waals surface area contributed by atoms with Gasteiger partial charge in [0, 0.05) is 11.8 Å². The van der Waals surface area contributed by atoms with Gasteiger partial charge in [-0.05, 0) is 68.4 Å². The van der Waals surface area contributed by atoms with E-state index in [-0.39, 0.29) is 17.0 Å². The molecule has 0 atom stereocenters. The summed E-state index contributed by atoms with van der Waals surface area (Å²) in [5, 5.41) is 24.6. The lowest BCUT2D eigenvalue weighted by molar-refractivity contribution is 0.0687. The molecule has 0 aliphatic rings. The highest BCUT2D eigenvalue weighted by Gasteiger charge is 2.13. The predicted octanol–water partition coefficient (Wildman–Crippen LogP) is 8.07. The van der Waals surface area contributed by atoms with Crippen LogP contribution in [0.25, 0.3) is 22.6 Å². The molecule has 6 aromatic rings. The van der Waals surface area contributed by atoms with E-state index in [0.29, 0.717) is 39.6 Å². The molecule has 0 fully saturated rings. The van der Waals surface area contributed by atoms with Crippen molar-refractivity contribution in [2.45, 2.75) is 13.8 Å². The van der Waals surface area contributed by atoms with E-state index in [2.05, 4.69) is 30.6 Å². The van der Waals surface area contributed by atoms with E-state index >= 15 is 0 Å². The number of anilines is 4. The molecule has 0 amide bonds. The largest absolute Gasteiger partial charge is 0.478 e. The summed E-state index contributed by atoms with van der Waals surface area (Å²) in [7, 11) is 0. The van der Waals surface area contributed by atoms with Crippen molar-refractivity contribution in [2.24, 2.45) is 0 Å². The number of aryl methyl sites for hydroxylation is 2. The molecule has 3 aromatic carbocycles. The van der Waals surface area contributed by atoms with Gasteiger partial charge < -0.3 is 20.8 Å².